The van der Waals surface area contributed by atoms with Crippen molar-refractivity contribution < 1.29 is 31.1 Å². The number of unbranched alkanes of at least 4 members (excludes halogenated alkanes) is 3. The van der Waals surface area contributed by atoms with Crippen LogP contribution in [0.1, 0.15) is 60.7 Å². The van der Waals surface area contributed by atoms with Crippen LogP contribution in [0.4, 0.5) is 26.3 Å². The zero-order chi connectivity index (χ0) is 28.7. The van der Waals surface area contributed by atoms with Crippen molar-refractivity contribution in [3.05, 3.63) is 100 Å². The number of ether oxygens (including phenoxy) is 1. The van der Waals surface area contributed by atoms with Crippen LogP contribution in [0.2, 0.25) is 0 Å². The molecule has 0 atom stereocenters. The van der Waals surface area contributed by atoms with Crippen LogP contribution in [0.3, 0.4) is 0 Å². The largest absolute Gasteiger partial charge is 0.573 e. The average molecular weight is 561 g/mol. The summed E-state index contributed by atoms with van der Waals surface area (Å²) in [4.78, 5) is 8.96. The second kappa shape index (κ2) is 13.2. The summed E-state index contributed by atoms with van der Waals surface area (Å²) in [6.45, 7) is 2.19. The predicted molar refractivity (Wildman–Crippen MR) is 142 cm³/mol. The van der Waals surface area contributed by atoms with Gasteiger partial charge in [0.1, 0.15) is 11.6 Å². The molecule has 0 bridgehead atoms. The third kappa shape index (κ3) is 7.96. The van der Waals surface area contributed by atoms with Crippen molar-refractivity contribution >= 4 is 10.8 Å². The Hall–Kier alpha value is -3.62. The zero-order valence-corrected chi connectivity index (χ0v) is 22.1. The van der Waals surface area contributed by atoms with E-state index in [0.29, 0.717) is 29.2 Å². The van der Waals surface area contributed by atoms with E-state index < -0.39 is 29.6 Å². The van der Waals surface area contributed by atoms with Gasteiger partial charge in [-0.3, -0.25) is 0 Å². The Morgan fingerprint density at radius 2 is 1.40 bits per heavy atom. The lowest BCUT2D eigenvalue weighted by atomic mass is 9.98. The van der Waals surface area contributed by atoms with Crippen molar-refractivity contribution in [2.75, 3.05) is 0 Å². The molecule has 1 aromatic heterocycles. The van der Waals surface area contributed by atoms with Gasteiger partial charge >= 0.3 is 6.36 Å². The maximum atomic E-state index is 15.2. The SMILES string of the molecule is CCCCCCc1cnc(CCc2ccc3c(F)c(CCc4cc(F)c(OC(F)(F)F)c(F)c4)ccc3c2)nc1. The van der Waals surface area contributed by atoms with Gasteiger partial charge in [-0.25, -0.2) is 23.1 Å². The van der Waals surface area contributed by atoms with Gasteiger partial charge in [0.05, 0.1) is 0 Å². The van der Waals surface area contributed by atoms with Crippen LogP contribution < -0.4 is 4.74 Å². The van der Waals surface area contributed by atoms with Crippen molar-refractivity contribution in [3.63, 3.8) is 0 Å². The number of aromatic nitrogens is 2. The van der Waals surface area contributed by atoms with Crippen molar-refractivity contribution in [2.45, 2.75) is 71.1 Å². The zero-order valence-electron chi connectivity index (χ0n) is 22.1. The summed E-state index contributed by atoms with van der Waals surface area (Å²) >= 11 is 0. The lowest BCUT2D eigenvalue weighted by Gasteiger charge is -2.12. The van der Waals surface area contributed by atoms with E-state index in [9.17, 15) is 22.0 Å². The molecule has 212 valence electrons. The molecule has 0 spiro atoms. The molecule has 0 saturated carbocycles. The van der Waals surface area contributed by atoms with Gasteiger partial charge in [-0.05, 0) is 71.9 Å². The lowest BCUT2D eigenvalue weighted by Crippen LogP contribution is -2.19. The maximum Gasteiger partial charge on any atom is 0.573 e. The van der Waals surface area contributed by atoms with Gasteiger partial charge in [0.15, 0.2) is 11.6 Å². The summed E-state index contributed by atoms with van der Waals surface area (Å²) in [7, 11) is 0. The van der Waals surface area contributed by atoms with E-state index in [1.165, 1.54) is 19.3 Å². The summed E-state index contributed by atoms with van der Waals surface area (Å²) in [5, 5.41) is 1.13. The molecule has 0 aliphatic heterocycles. The number of halogens is 6. The normalized spacial score (nSPS) is 11.8. The number of alkyl halides is 3. The molecule has 0 amide bonds. The molecular formula is C31H30F6N2O. The molecule has 0 unspecified atom stereocenters. The van der Waals surface area contributed by atoms with Crippen molar-refractivity contribution in [1.82, 2.24) is 9.97 Å². The first kappa shape index (κ1) is 29.4. The molecule has 3 aromatic carbocycles. The Labute approximate surface area is 229 Å². The maximum absolute atomic E-state index is 15.2. The van der Waals surface area contributed by atoms with Crippen molar-refractivity contribution in [3.8, 4) is 5.75 Å². The van der Waals surface area contributed by atoms with Crippen LogP contribution in [0.5, 0.6) is 5.75 Å². The Morgan fingerprint density at radius 3 is 2.08 bits per heavy atom. The first-order chi connectivity index (χ1) is 19.1. The van der Waals surface area contributed by atoms with Crippen LogP contribution in [0.15, 0.2) is 54.9 Å². The lowest BCUT2D eigenvalue weighted by molar-refractivity contribution is -0.276. The highest BCUT2D eigenvalue weighted by Crippen LogP contribution is 2.30. The van der Waals surface area contributed by atoms with Gasteiger partial charge in [-0.15, -0.1) is 13.2 Å². The van der Waals surface area contributed by atoms with Gasteiger partial charge < -0.3 is 4.74 Å². The molecule has 0 aliphatic carbocycles. The number of fused-ring (bicyclic) bond motifs is 1. The standard InChI is InChI=1S/C31H30F6N2O/c1-2-3-4-5-6-22-18-38-28(39-19-22)14-9-20-8-13-25-24(15-20)12-11-23(29(25)34)10-7-21-16-26(32)30(27(33)17-21)40-31(35,36)37/h8,11-13,15-19H,2-7,9-10,14H2,1H3. The monoisotopic (exact) mass is 560 g/mol. The molecule has 0 radical (unpaired) electrons. The highest BCUT2D eigenvalue weighted by Gasteiger charge is 2.34. The highest BCUT2D eigenvalue weighted by atomic mass is 19.4. The molecule has 4 rings (SSSR count). The minimum absolute atomic E-state index is 0.0260. The first-order valence-electron chi connectivity index (χ1n) is 13.4. The van der Waals surface area contributed by atoms with E-state index in [1.54, 1.807) is 18.2 Å². The van der Waals surface area contributed by atoms with Crippen LogP contribution >= 0.6 is 0 Å². The number of nitrogens with zero attached hydrogens (tertiary/aromatic N) is 2. The van der Waals surface area contributed by atoms with Crippen molar-refractivity contribution in [2.24, 2.45) is 0 Å². The summed E-state index contributed by atoms with van der Waals surface area (Å²) in [5.74, 6) is -4.14. The van der Waals surface area contributed by atoms with Gasteiger partial charge in [0.2, 0.25) is 5.75 Å². The van der Waals surface area contributed by atoms with Gasteiger partial charge in [0, 0.05) is 24.2 Å². The highest BCUT2D eigenvalue weighted by molar-refractivity contribution is 5.84. The summed E-state index contributed by atoms with van der Waals surface area (Å²) in [6.07, 6.45) is 5.80. The fourth-order valence-electron chi connectivity index (χ4n) is 4.64. The van der Waals surface area contributed by atoms with Crippen LogP contribution in [-0.4, -0.2) is 16.3 Å². The van der Waals surface area contributed by atoms with Crippen LogP contribution in [0, 0.1) is 17.5 Å². The molecule has 9 heteroatoms. The molecule has 0 N–H and O–H groups in total. The smallest absolute Gasteiger partial charge is 0.399 e. The van der Waals surface area contributed by atoms with E-state index in [-0.39, 0.29) is 18.4 Å². The summed E-state index contributed by atoms with van der Waals surface area (Å²) in [5.41, 5.74) is 2.57. The van der Waals surface area contributed by atoms with Crippen molar-refractivity contribution in [1.29, 1.82) is 0 Å². The van der Waals surface area contributed by atoms with Gasteiger partial charge in [-0.1, -0.05) is 56.5 Å². The number of hydrogen-bond acceptors (Lipinski definition) is 3. The predicted octanol–water partition coefficient (Wildman–Crippen LogP) is 8.64. The third-order valence-electron chi connectivity index (χ3n) is 6.77. The van der Waals surface area contributed by atoms with Gasteiger partial charge in [0.25, 0.3) is 0 Å². The number of hydrogen-bond donors (Lipinski definition) is 0. The molecule has 3 nitrogen and oxygen atoms in total. The Morgan fingerprint density at radius 1 is 0.700 bits per heavy atom. The Balaban J connectivity index is 1.37. The minimum Gasteiger partial charge on any atom is -0.399 e. The van der Waals surface area contributed by atoms with Crippen LogP contribution in [0.25, 0.3) is 10.8 Å². The second-order valence-corrected chi connectivity index (χ2v) is 9.85. The average Bonchev–Trinajstić information content (AvgIpc) is 2.92. The number of aryl methyl sites for hydroxylation is 5. The minimum atomic E-state index is -5.22. The van der Waals surface area contributed by atoms with E-state index >= 15 is 4.39 Å². The topological polar surface area (TPSA) is 35.0 Å². The Bertz CT molecular complexity index is 1410. The Kier molecular flexibility index (Phi) is 9.66. The van der Waals surface area contributed by atoms with Crippen LogP contribution in [-0.2, 0) is 32.1 Å². The molecular weight excluding hydrogens is 530 g/mol. The molecule has 4 aromatic rings. The summed E-state index contributed by atoms with van der Waals surface area (Å²) < 4.78 is 83.7. The molecule has 0 aliphatic rings. The quantitative estimate of drug-likeness (QED) is 0.129. The molecule has 40 heavy (non-hydrogen) atoms. The fraction of sp³-hybridized carbons (Fsp3) is 0.355. The second-order valence-electron chi connectivity index (χ2n) is 9.85. The number of rotatable bonds is 12. The molecule has 1 heterocycles. The summed E-state index contributed by atoms with van der Waals surface area (Å²) in [6, 6.07) is 10.4. The van der Waals surface area contributed by atoms with E-state index in [1.807, 2.05) is 24.5 Å². The first-order valence-corrected chi connectivity index (χ1v) is 13.4. The number of benzene rings is 3. The van der Waals surface area contributed by atoms with E-state index in [4.69, 9.17) is 0 Å². The fourth-order valence-corrected chi connectivity index (χ4v) is 4.64. The van der Waals surface area contributed by atoms with E-state index in [0.717, 1.165) is 41.9 Å². The van der Waals surface area contributed by atoms with E-state index in [2.05, 4.69) is 21.6 Å². The molecule has 0 fully saturated rings. The van der Waals surface area contributed by atoms with Gasteiger partial charge in [-0.2, -0.15) is 0 Å². The molecule has 0 saturated heterocycles. The third-order valence-corrected chi connectivity index (χ3v) is 6.77.